The van der Waals surface area contributed by atoms with E-state index in [9.17, 15) is 4.79 Å². The third kappa shape index (κ3) is 32.9. The van der Waals surface area contributed by atoms with Crippen LogP contribution in [0.5, 0.6) is 0 Å². The summed E-state index contributed by atoms with van der Waals surface area (Å²) in [6, 6.07) is 0. The Labute approximate surface area is 61.8 Å². The third-order valence-electron chi connectivity index (χ3n) is 0.232. The minimum Gasteiger partial charge on any atom is -0.394 e. The van der Waals surface area contributed by atoms with Crippen LogP contribution in [0.1, 0.15) is 0 Å². The highest BCUT2D eigenvalue weighted by Crippen LogP contribution is 1.71. The summed E-state index contributed by atoms with van der Waals surface area (Å²) in [5.74, 6) is -0.329. The number of primary amides is 1. The van der Waals surface area contributed by atoms with Crippen LogP contribution in [0.2, 0.25) is 0 Å². The molecular formula is C4H10BrNO3. The van der Waals surface area contributed by atoms with Crippen LogP contribution in [0.3, 0.4) is 0 Å². The van der Waals surface area contributed by atoms with Crippen molar-refractivity contribution < 1.29 is 15.0 Å². The third-order valence-corrected chi connectivity index (χ3v) is 0.784. The van der Waals surface area contributed by atoms with Crippen molar-refractivity contribution in [3.63, 3.8) is 0 Å². The minimum atomic E-state index is -0.329. The van der Waals surface area contributed by atoms with E-state index >= 15 is 0 Å². The van der Waals surface area contributed by atoms with Gasteiger partial charge in [0.1, 0.15) is 0 Å². The van der Waals surface area contributed by atoms with E-state index in [2.05, 4.69) is 21.7 Å². The Morgan fingerprint density at radius 1 is 1.44 bits per heavy atom. The predicted molar refractivity (Wildman–Crippen MR) is 37.2 cm³/mol. The summed E-state index contributed by atoms with van der Waals surface area (Å²) in [6.45, 7) is -0.250. The van der Waals surface area contributed by atoms with Gasteiger partial charge in [0.05, 0.1) is 18.5 Å². The Hall–Kier alpha value is -0.130. The number of aliphatic hydroxyl groups is 2. The predicted octanol–water partition coefficient (Wildman–Crippen LogP) is -1.16. The molecule has 5 heteroatoms. The average Bonchev–Trinajstić information content (AvgIpc) is 1.89. The van der Waals surface area contributed by atoms with E-state index in [1.54, 1.807) is 0 Å². The molecule has 56 valence electrons. The van der Waals surface area contributed by atoms with Crippen LogP contribution < -0.4 is 5.73 Å². The number of carbonyl (C=O) groups excluding carboxylic acids is 1. The Morgan fingerprint density at radius 3 is 1.67 bits per heavy atom. The van der Waals surface area contributed by atoms with Gasteiger partial charge in [-0.05, 0) is 0 Å². The van der Waals surface area contributed by atoms with Crippen LogP contribution in [0.15, 0.2) is 0 Å². The molecule has 0 aliphatic carbocycles. The zero-order chi connectivity index (χ0) is 7.70. The molecule has 0 aliphatic rings. The molecule has 4 N–H and O–H groups in total. The molecule has 0 unspecified atom stereocenters. The lowest BCUT2D eigenvalue weighted by atomic mass is 10.8. The molecule has 0 bridgehead atoms. The molecule has 0 radical (unpaired) electrons. The monoisotopic (exact) mass is 199 g/mol. The first kappa shape index (κ1) is 11.6. The van der Waals surface area contributed by atoms with Gasteiger partial charge in [-0.3, -0.25) is 4.79 Å². The van der Waals surface area contributed by atoms with Gasteiger partial charge in [-0.15, -0.1) is 0 Å². The first-order valence-corrected chi connectivity index (χ1v) is 3.37. The van der Waals surface area contributed by atoms with E-state index in [1.165, 1.54) is 0 Å². The van der Waals surface area contributed by atoms with Gasteiger partial charge in [0.15, 0.2) is 0 Å². The molecule has 0 rings (SSSR count). The molecule has 0 aromatic carbocycles. The van der Waals surface area contributed by atoms with Crippen molar-refractivity contribution in [1.82, 2.24) is 0 Å². The van der Waals surface area contributed by atoms with Gasteiger partial charge in [0.25, 0.3) is 0 Å². The summed E-state index contributed by atoms with van der Waals surface area (Å²) < 4.78 is 0. The van der Waals surface area contributed by atoms with Crippen molar-refractivity contribution in [3.05, 3.63) is 0 Å². The van der Waals surface area contributed by atoms with Crippen LogP contribution in [0.4, 0.5) is 0 Å². The molecule has 1 amide bonds. The Morgan fingerprint density at radius 2 is 1.67 bits per heavy atom. The number of aliphatic hydroxyl groups excluding tert-OH is 2. The molecule has 9 heavy (non-hydrogen) atoms. The summed E-state index contributed by atoms with van der Waals surface area (Å²) in [7, 11) is 0. The maximum atomic E-state index is 9.54. The second kappa shape index (κ2) is 10.8. The number of rotatable bonds is 2. The quantitative estimate of drug-likeness (QED) is 0.491. The molecule has 0 saturated carbocycles. The molecule has 0 aromatic rings. The van der Waals surface area contributed by atoms with Gasteiger partial charge in [-0.1, -0.05) is 15.9 Å². The number of hydrogen-bond acceptors (Lipinski definition) is 3. The lowest BCUT2D eigenvalue weighted by molar-refractivity contribution is -0.115. The number of carbonyl (C=O) groups is 1. The molecule has 0 saturated heterocycles. The standard InChI is InChI=1S/C2H4BrNO.C2H6O2/c3-1-2(4)5;3-1-2-4/h1H2,(H2,4,5);3-4H,1-2H2. The topological polar surface area (TPSA) is 83.6 Å². The van der Waals surface area contributed by atoms with Crippen molar-refractivity contribution in [2.24, 2.45) is 5.73 Å². The van der Waals surface area contributed by atoms with Crippen molar-refractivity contribution in [2.45, 2.75) is 0 Å². The van der Waals surface area contributed by atoms with Crippen LogP contribution in [-0.4, -0.2) is 34.7 Å². The van der Waals surface area contributed by atoms with Gasteiger partial charge in [-0.2, -0.15) is 0 Å². The van der Waals surface area contributed by atoms with Gasteiger partial charge in [0.2, 0.25) is 5.91 Å². The van der Waals surface area contributed by atoms with Crippen molar-refractivity contribution in [1.29, 1.82) is 0 Å². The summed E-state index contributed by atoms with van der Waals surface area (Å²) in [4.78, 5) is 9.54. The number of halogens is 1. The molecule has 0 atom stereocenters. The second-order valence-electron chi connectivity index (χ2n) is 1.05. The normalized spacial score (nSPS) is 7.44. The Bertz CT molecular complexity index is 66.8. The first-order valence-electron chi connectivity index (χ1n) is 2.25. The number of nitrogens with two attached hydrogens (primary N) is 1. The van der Waals surface area contributed by atoms with Gasteiger partial charge in [-0.25, -0.2) is 0 Å². The maximum Gasteiger partial charge on any atom is 0.228 e. The lowest BCUT2D eigenvalue weighted by Crippen LogP contribution is -2.10. The second-order valence-corrected chi connectivity index (χ2v) is 1.61. The number of amides is 1. The minimum absolute atomic E-state index is 0.125. The SMILES string of the molecule is NC(=O)CBr.OCCO. The van der Waals surface area contributed by atoms with Crippen molar-refractivity contribution in [3.8, 4) is 0 Å². The zero-order valence-corrected chi connectivity index (χ0v) is 6.47. The fourth-order valence-corrected chi connectivity index (χ4v) is 0. The first-order chi connectivity index (χ1) is 4.18. The van der Waals surface area contributed by atoms with Gasteiger partial charge < -0.3 is 15.9 Å². The van der Waals surface area contributed by atoms with E-state index in [0.29, 0.717) is 0 Å². The smallest absolute Gasteiger partial charge is 0.228 e. The van der Waals surface area contributed by atoms with Crippen LogP contribution in [0, 0.1) is 0 Å². The molecule has 0 fully saturated rings. The summed E-state index contributed by atoms with van der Waals surface area (Å²) in [6.07, 6.45) is 0. The molecule has 0 aromatic heterocycles. The fourth-order valence-electron chi connectivity index (χ4n) is 0. The molecule has 0 spiro atoms. The highest BCUT2D eigenvalue weighted by molar-refractivity contribution is 9.09. The molecular weight excluding hydrogens is 190 g/mol. The highest BCUT2D eigenvalue weighted by atomic mass is 79.9. The zero-order valence-electron chi connectivity index (χ0n) is 4.88. The highest BCUT2D eigenvalue weighted by Gasteiger charge is 1.79. The van der Waals surface area contributed by atoms with E-state index in [0.717, 1.165) is 0 Å². The van der Waals surface area contributed by atoms with Crippen molar-refractivity contribution in [2.75, 3.05) is 18.5 Å². The average molecular weight is 200 g/mol. The number of hydrogen-bond donors (Lipinski definition) is 3. The van der Waals surface area contributed by atoms with Gasteiger partial charge in [0, 0.05) is 0 Å². The molecule has 0 heterocycles. The van der Waals surface area contributed by atoms with E-state index < -0.39 is 0 Å². The number of alkyl halides is 1. The van der Waals surface area contributed by atoms with E-state index in [1.807, 2.05) is 0 Å². The molecule has 4 nitrogen and oxygen atoms in total. The largest absolute Gasteiger partial charge is 0.394 e. The fraction of sp³-hybridized carbons (Fsp3) is 0.750. The molecule has 0 aliphatic heterocycles. The van der Waals surface area contributed by atoms with Crippen molar-refractivity contribution >= 4 is 21.8 Å². The van der Waals surface area contributed by atoms with Crippen LogP contribution >= 0.6 is 15.9 Å². The van der Waals surface area contributed by atoms with Crippen LogP contribution in [0.25, 0.3) is 0 Å². The van der Waals surface area contributed by atoms with Gasteiger partial charge >= 0.3 is 0 Å². The Balaban J connectivity index is 0. The summed E-state index contributed by atoms with van der Waals surface area (Å²) in [5.41, 5.74) is 4.61. The van der Waals surface area contributed by atoms with E-state index in [4.69, 9.17) is 10.2 Å². The maximum absolute atomic E-state index is 9.54. The summed E-state index contributed by atoms with van der Waals surface area (Å²) >= 11 is 2.84. The lowest BCUT2D eigenvalue weighted by Gasteiger charge is -1.71. The van der Waals surface area contributed by atoms with Crippen LogP contribution in [-0.2, 0) is 4.79 Å². The Kier molecular flexibility index (Phi) is 13.9. The summed E-state index contributed by atoms with van der Waals surface area (Å²) in [5, 5.41) is 15.5. The van der Waals surface area contributed by atoms with E-state index in [-0.39, 0.29) is 24.5 Å².